The van der Waals surface area contributed by atoms with E-state index in [1.54, 1.807) is 0 Å². The molecule has 1 aliphatic heterocycles. The van der Waals surface area contributed by atoms with Gasteiger partial charge in [-0.25, -0.2) is 4.98 Å². The Morgan fingerprint density at radius 3 is 2.87 bits per heavy atom. The zero-order valence-electron chi connectivity index (χ0n) is 8.86. The average molecular weight is 270 g/mol. The summed E-state index contributed by atoms with van der Waals surface area (Å²) in [5.41, 5.74) is 6.00. The van der Waals surface area contributed by atoms with Crippen LogP contribution in [-0.4, -0.2) is 24.1 Å². The van der Waals surface area contributed by atoms with E-state index in [0.717, 1.165) is 29.8 Å². The third kappa shape index (κ3) is 2.69. The summed E-state index contributed by atoms with van der Waals surface area (Å²) in [5.74, 6) is 1.68. The summed E-state index contributed by atoms with van der Waals surface area (Å²) >= 11 is 3.39. The molecule has 0 spiro atoms. The van der Waals surface area contributed by atoms with Crippen LogP contribution in [0.15, 0.2) is 22.8 Å². The number of halogens is 1. The van der Waals surface area contributed by atoms with E-state index in [9.17, 15) is 0 Å². The number of hydrogen-bond acceptors (Lipinski definition) is 3. The molecule has 15 heavy (non-hydrogen) atoms. The molecule has 1 aliphatic rings. The van der Waals surface area contributed by atoms with Gasteiger partial charge in [0.1, 0.15) is 5.82 Å². The van der Waals surface area contributed by atoms with E-state index < -0.39 is 0 Å². The third-order valence-electron chi connectivity index (χ3n) is 2.73. The monoisotopic (exact) mass is 269 g/mol. The first-order chi connectivity index (χ1) is 7.15. The Bertz CT molecular complexity index is 315. The highest BCUT2D eigenvalue weighted by atomic mass is 79.9. The lowest BCUT2D eigenvalue weighted by Crippen LogP contribution is -2.46. The van der Waals surface area contributed by atoms with Gasteiger partial charge in [-0.05, 0) is 40.4 Å². The summed E-state index contributed by atoms with van der Waals surface area (Å²) in [7, 11) is 0. The van der Waals surface area contributed by atoms with Crippen molar-refractivity contribution < 1.29 is 0 Å². The molecule has 1 fully saturated rings. The summed E-state index contributed by atoms with van der Waals surface area (Å²) in [6.45, 7) is 4.21. The first-order valence-electron chi connectivity index (χ1n) is 5.27. The van der Waals surface area contributed by atoms with Gasteiger partial charge >= 0.3 is 0 Å². The Balaban J connectivity index is 2.12. The molecule has 0 saturated carbocycles. The maximum absolute atomic E-state index is 6.00. The van der Waals surface area contributed by atoms with Gasteiger partial charge in [-0.2, -0.15) is 0 Å². The van der Waals surface area contributed by atoms with Crippen molar-refractivity contribution in [3.8, 4) is 0 Å². The zero-order chi connectivity index (χ0) is 10.8. The molecule has 1 saturated heterocycles. The van der Waals surface area contributed by atoms with E-state index >= 15 is 0 Å². The number of nitrogens with zero attached hydrogens (tertiary/aromatic N) is 2. The van der Waals surface area contributed by atoms with Crippen LogP contribution in [0.3, 0.4) is 0 Å². The summed E-state index contributed by atoms with van der Waals surface area (Å²) in [4.78, 5) is 6.66. The van der Waals surface area contributed by atoms with Crippen molar-refractivity contribution in [1.29, 1.82) is 0 Å². The van der Waals surface area contributed by atoms with E-state index in [0.29, 0.717) is 5.92 Å². The van der Waals surface area contributed by atoms with Gasteiger partial charge in [-0.3, -0.25) is 0 Å². The largest absolute Gasteiger partial charge is 0.355 e. The number of nitrogens with two attached hydrogens (primary N) is 1. The summed E-state index contributed by atoms with van der Waals surface area (Å²) < 4.78 is 1.01. The van der Waals surface area contributed by atoms with Crippen LogP contribution in [0, 0.1) is 5.92 Å². The molecule has 1 aromatic rings. The average Bonchev–Trinajstić information content (AvgIpc) is 2.17. The Morgan fingerprint density at radius 1 is 1.47 bits per heavy atom. The van der Waals surface area contributed by atoms with Gasteiger partial charge < -0.3 is 10.6 Å². The van der Waals surface area contributed by atoms with Crippen molar-refractivity contribution in [1.82, 2.24) is 4.98 Å². The van der Waals surface area contributed by atoms with Crippen LogP contribution < -0.4 is 10.6 Å². The molecule has 2 N–H and O–H groups in total. The third-order valence-corrected chi connectivity index (χ3v) is 3.20. The molecule has 0 radical (unpaired) electrons. The van der Waals surface area contributed by atoms with Crippen molar-refractivity contribution in [2.24, 2.45) is 11.7 Å². The first-order valence-corrected chi connectivity index (χ1v) is 6.06. The van der Waals surface area contributed by atoms with E-state index in [2.05, 4.69) is 32.7 Å². The molecule has 2 unspecified atom stereocenters. The molecule has 2 rings (SSSR count). The molecule has 2 heterocycles. The quantitative estimate of drug-likeness (QED) is 0.848. The van der Waals surface area contributed by atoms with Crippen molar-refractivity contribution >= 4 is 21.7 Å². The second-order valence-electron chi connectivity index (χ2n) is 4.34. The minimum atomic E-state index is 0.277. The summed E-state index contributed by atoms with van der Waals surface area (Å²) in [6, 6.07) is 4.33. The highest BCUT2D eigenvalue weighted by molar-refractivity contribution is 9.10. The fourth-order valence-corrected chi connectivity index (χ4v) is 2.38. The Kier molecular flexibility index (Phi) is 3.26. The molecule has 0 amide bonds. The van der Waals surface area contributed by atoms with Crippen molar-refractivity contribution in [3.05, 3.63) is 22.8 Å². The predicted molar refractivity (Wildman–Crippen MR) is 65.9 cm³/mol. The lowest BCUT2D eigenvalue weighted by Gasteiger charge is -2.35. The number of piperidine rings is 1. The van der Waals surface area contributed by atoms with E-state index in [1.807, 2.05) is 18.3 Å². The molecule has 82 valence electrons. The van der Waals surface area contributed by atoms with Gasteiger partial charge in [0.15, 0.2) is 0 Å². The van der Waals surface area contributed by atoms with Crippen LogP contribution >= 0.6 is 15.9 Å². The fraction of sp³-hybridized carbons (Fsp3) is 0.545. The molecule has 3 nitrogen and oxygen atoms in total. The highest BCUT2D eigenvalue weighted by Crippen LogP contribution is 2.21. The van der Waals surface area contributed by atoms with E-state index in [4.69, 9.17) is 5.73 Å². The second kappa shape index (κ2) is 4.49. The lowest BCUT2D eigenvalue weighted by atomic mass is 9.97. The van der Waals surface area contributed by atoms with Gasteiger partial charge in [0.05, 0.1) is 0 Å². The minimum Gasteiger partial charge on any atom is -0.355 e. The normalized spacial score (nSPS) is 26.7. The Labute approximate surface area is 98.8 Å². The minimum absolute atomic E-state index is 0.277. The van der Waals surface area contributed by atoms with Crippen LogP contribution in [0.1, 0.15) is 13.3 Å². The first kappa shape index (κ1) is 10.9. The van der Waals surface area contributed by atoms with Gasteiger partial charge in [-0.15, -0.1) is 0 Å². The summed E-state index contributed by atoms with van der Waals surface area (Å²) in [5, 5.41) is 0. The Hall–Kier alpha value is -0.610. The SMILES string of the molecule is CC1CC(N)CN(c2ccc(Br)cn2)C1. The van der Waals surface area contributed by atoms with Crippen LogP contribution in [0.2, 0.25) is 0 Å². The molecule has 4 heteroatoms. The van der Waals surface area contributed by atoms with Crippen molar-refractivity contribution in [3.63, 3.8) is 0 Å². The van der Waals surface area contributed by atoms with E-state index in [1.165, 1.54) is 0 Å². The second-order valence-corrected chi connectivity index (χ2v) is 5.26. The van der Waals surface area contributed by atoms with E-state index in [-0.39, 0.29) is 6.04 Å². The predicted octanol–water partition coefficient (Wildman–Crippen LogP) is 2.02. The molecular formula is C11H16BrN3. The van der Waals surface area contributed by atoms with Gasteiger partial charge in [0, 0.05) is 29.8 Å². The lowest BCUT2D eigenvalue weighted by molar-refractivity contribution is 0.400. The van der Waals surface area contributed by atoms with Crippen LogP contribution in [0.25, 0.3) is 0 Å². The van der Waals surface area contributed by atoms with Crippen LogP contribution in [0.5, 0.6) is 0 Å². The van der Waals surface area contributed by atoms with Crippen molar-refractivity contribution in [2.75, 3.05) is 18.0 Å². The molecule has 0 aromatic carbocycles. The number of aromatic nitrogens is 1. The number of anilines is 1. The summed E-state index contributed by atoms with van der Waals surface area (Å²) in [6.07, 6.45) is 2.95. The van der Waals surface area contributed by atoms with Crippen molar-refractivity contribution in [2.45, 2.75) is 19.4 Å². The molecule has 1 aromatic heterocycles. The standard InChI is InChI=1S/C11H16BrN3/c1-8-4-10(13)7-15(6-8)11-3-2-9(12)5-14-11/h2-3,5,8,10H,4,6-7,13H2,1H3. The molecule has 0 aliphatic carbocycles. The fourth-order valence-electron chi connectivity index (χ4n) is 2.14. The van der Waals surface area contributed by atoms with Gasteiger partial charge in [0.2, 0.25) is 0 Å². The molecular weight excluding hydrogens is 254 g/mol. The smallest absolute Gasteiger partial charge is 0.128 e. The zero-order valence-corrected chi connectivity index (χ0v) is 10.4. The highest BCUT2D eigenvalue weighted by Gasteiger charge is 2.22. The maximum atomic E-state index is 6.00. The number of pyridine rings is 1. The van der Waals surface area contributed by atoms with Gasteiger partial charge in [0.25, 0.3) is 0 Å². The van der Waals surface area contributed by atoms with Crippen LogP contribution in [-0.2, 0) is 0 Å². The number of hydrogen-bond donors (Lipinski definition) is 1. The molecule has 2 atom stereocenters. The van der Waals surface area contributed by atoms with Gasteiger partial charge in [-0.1, -0.05) is 6.92 Å². The maximum Gasteiger partial charge on any atom is 0.128 e. The van der Waals surface area contributed by atoms with Crippen LogP contribution in [0.4, 0.5) is 5.82 Å². The topological polar surface area (TPSA) is 42.1 Å². The number of rotatable bonds is 1. The molecule has 0 bridgehead atoms. The Morgan fingerprint density at radius 2 is 2.27 bits per heavy atom.